The maximum absolute atomic E-state index is 12.4. The van der Waals surface area contributed by atoms with Crippen LogP contribution in [-0.2, 0) is 9.53 Å². The van der Waals surface area contributed by atoms with Crippen molar-refractivity contribution in [2.75, 3.05) is 31.6 Å². The van der Waals surface area contributed by atoms with E-state index in [0.29, 0.717) is 43.2 Å². The Morgan fingerprint density at radius 3 is 2.76 bits per heavy atom. The maximum Gasteiger partial charge on any atom is 0.244 e. The lowest BCUT2D eigenvalue weighted by Crippen LogP contribution is -2.47. The number of hydrogen-bond donors (Lipinski definition) is 1. The SMILES string of the molecule is Cc1cc(NC(C)C(=O)N2CCOCC2)c(C#N)c(C)n1. The molecule has 1 unspecified atom stereocenters. The molecule has 0 saturated carbocycles. The minimum Gasteiger partial charge on any atom is -0.378 e. The molecular weight excluding hydrogens is 268 g/mol. The van der Waals surface area contributed by atoms with E-state index in [1.54, 1.807) is 17.9 Å². The predicted molar refractivity (Wildman–Crippen MR) is 78.9 cm³/mol. The summed E-state index contributed by atoms with van der Waals surface area (Å²) in [6.45, 7) is 7.86. The summed E-state index contributed by atoms with van der Waals surface area (Å²) in [5.41, 5.74) is 2.64. The number of ether oxygens (including phenoxy) is 1. The average Bonchev–Trinajstić information content (AvgIpc) is 2.47. The lowest BCUT2D eigenvalue weighted by molar-refractivity contribution is -0.135. The topological polar surface area (TPSA) is 78.3 Å². The first-order chi connectivity index (χ1) is 10.0. The number of aryl methyl sites for hydroxylation is 2. The fourth-order valence-electron chi connectivity index (χ4n) is 2.44. The predicted octanol–water partition coefficient (Wildman–Crippen LogP) is 1.23. The number of rotatable bonds is 3. The number of amides is 1. The highest BCUT2D eigenvalue weighted by molar-refractivity contribution is 5.85. The van der Waals surface area contributed by atoms with Gasteiger partial charge in [0.05, 0.1) is 30.2 Å². The van der Waals surface area contributed by atoms with E-state index in [0.717, 1.165) is 5.69 Å². The van der Waals surface area contributed by atoms with Crippen LogP contribution in [0.4, 0.5) is 5.69 Å². The number of aromatic nitrogens is 1. The van der Waals surface area contributed by atoms with Gasteiger partial charge in [0, 0.05) is 18.8 Å². The first-order valence-corrected chi connectivity index (χ1v) is 7.04. The van der Waals surface area contributed by atoms with Gasteiger partial charge in [-0.1, -0.05) is 0 Å². The number of nitrogens with zero attached hydrogens (tertiary/aromatic N) is 3. The van der Waals surface area contributed by atoms with Crippen molar-refractivity contribution in [3.8, 4) is 6.07 Å². The third-order valence-corrected chi connectivity index (χ3v) is 3.51. The van der Waals surface area contributed by atoms with Crippen LogP contribution in [-0.4, -0.2) is 48.1 Å². The maximum atomic E-state index is 12.4. The molecule has 6 heteroatoms. The van der Waals surface area contributed by atoms with Crippen molar-refractivity contribution in [3.05, 3.63) is 23.0 Å². The third-order valence-electron chi connectivity index (χ3n) is 3.51. The van der Waals surface area contributed by atoms with Crippen molar-refractivity contribution in [2.24, 2.45) is 0 Å². The van der Waals surface area contributed by atoms with Crippen molar-refractivity contribution in [2.45, 2.75) is 26.8 Å². The van der Waals surface area contributed by atoms with Gasteiger partial charge in [-0.25, -0.2) is 0 Å². The van der Waals surface area contributed by atoms with Crippen LogP contribution in [0.1, 0.15) is 23.9 Å². The van der Waals surface area contributed by atoms with Crippen LogP contribution in [0.2, 0.25) is 0 Å². The minimum absolute atomic E-state index is 0.0225. The molecule has 1 N–H and O–H groups in total. The molecule has 2 rings (SSSR count). The highest BCUT2D eigenvalue weighted by Gasteiger charge is 2.23. The van der Waals surface area contributed by atoms with E-state index in [1.807, 2.05) is 13.8 Å². The van der Waals surface area contributed by atoms with Gasteiger partial charge in [-0.15, -0.1) is 0 Å². The molecule has 1 atom stereocenters. The summed E-state index contributed by atoms with van der Waals surface area (Å²) >= 11 is 0. The Morgan fingerprint density at radius 1 is 1.48 bits per heavy atom. The number of nitrogens with one attached hydrogen (secondary N) is 1. The molecule has 0 aliphatic carbocycles. The van der Waals surface area contributed by atoms with Crippen molar-refractivity contribution in [1.29, 1.82) is 5.26 Å². The molecule has 0 bridgehead atoms. The van der Waals surface area contributed by atoms with Gasteiger partial charge in [0.15, 0.2) is 0 Å². The molecule has 0 spiro atoms. The van der Waals surface area contributed by atoms with E-state index >= 15 is 0 Å². The average molecular weight is 288 g/mol. The quantitative estimate of drug-likeness (QED) is 0.905. The van der Waals surface area contributed by atoms with E-state index in [9.17, 15) is 10.1 Å². The number of hydrogen-bond acceptors (Lipinski definition) is 5. The van der Waals surface area contributed by atoms with Crippen LogP contribution in [0.25, 0.3) is 0 Å². The van der Waals surface area contributed by atoms with Gasteiger partial charge in [0.25, 0.3) is 0 Å². The summed E-state index contributed by atoms with van der Waals surface area (Å²) in [6.07, 6.45) is 0. The zero-order chi connectivity index (χ0) is 15.4. The molecule has 0 aromatic carbocycles. The van der Waals surface area contributed by atoms with Crippen LogP contribution < -0.4 is 5.32 Å². The molecule has 1 fully saturated rings. The summed E-state index contributed by atoms with van der Waals surface area (Å²) in [4.78, 5) is 18.4. The number of carbonyl (C=O) groups excluding carboxylic acids is 1. The lowest BCUT2D eigenvalue weighted by Gasteiger charge is -2.30. The molecule has 1 aliphatic heterocycles. The molecule has 2 heterocycles. The largest absolute Gasteiger partial charge is 0.378 e. The van der Waals surface area contributed by atoms with E-state index < -0.39 is 6.04 Å². The van der Waals surface area contributed by atoms with E-state index in [2.05, 4.69) is 16.4 Å². The molecular formula is C15H20N4O2. The zero-order valence-corrected chi connectivity index (χ0v) is 12.6. The molecule has 1 amide bonds. The Morgan fingerprint density at radius 2 is 2.14 bits per heavy atom. The molecule has 1 saturated heterocycles. The fraction of sp³-hybridized carbons (Fsp3) is 0.533. The smallest absolute Gasteiger partial charge is 0.244 e. The number of pyridine rings is 1. The highest BCUT2D eigenvalue weighted by atomic mass is 16.5. The van der Waals surface area contributed by atoms with Gasteiger partial charge in [0.2, 0.25) is 5.91 Å². The van der Waals surface area contributed by atoms with Gasteiger partial charge in [-0.3, -0.25) is 9.78 Å². The van der Waals surface area contributed by atoms with Crippen LogP contribution in [0.5, 0.6) is 0 Å². The van der Waals surface area contributed by atoms with Crippen LogP contribution in [0.15, 0.2) is 6.07 Å². The van der Waals surface area contributed by atoms with E-state index in [4.69, 9.17) is 4.74 Å². The minimum atomic E-state index is -0.392. The Kier molecular flexibility index (Phi) is 4.76. The van der Waals surface area contributed by atoms with E-state index in [1.165, 1.54) is 0 Å². The van der Waals surface area contributed by atoms with Crippen LogP contribution in [0.3, 0.4) is 0 Å². The normalized spacial score (nSPS) is 16.2. The second-order valence-electron chi connectivity index (χ2n) is 5.19. The number of morpholine rings is 1. The van der Waals surface area contributed by atoms with Gasteiger partial charge >= 0.3 is 0 Å². The molecule has 6 nitrogen and oxygen atoms in total. The zero-order valence-electron chi connectivity index (χ0n) is 12.6. The molecule has 1 aromatic heterocycles. The van der Waals surface area contributed by atoms with Gasteiger partial charge in [-0.2, -0.15) is 5.26 Å². The third kappa shape index (κ3) is 3.50. The molecule has 112 valence electrons. The monoisotopic (exact) mass is 288 g/mol. The summed E-state index contributed by atoms with van der Waals surface area (Å²) < 4.78 is 5.25. The Balaban J connectivity index is 2.14. The second kappa shape index (κ2) is 6.55. The summed E-state index contributed by atoms with van der Waals surface area (Å²) in [7, 11) is 0. The number of anilines is 1. The number of nitriles is 1. The van der Waals surface area contributed by atoms with Gasteiger partial charge < -0.3 is 15.0 Å². The summed E-state index contributed by atoms with van der Waals surface area (Å²) in [5, 5.41) is 12.4. The Hall–Kier alpha value is -2.13. The lowest BCUT2D eigenvalue weighted by atomic mass is 10.1. The molecule has 1 aromatic rings. The summed E-state index contributed by atoms with van der Waals surface area (Å²) in [5.74, 6) is 0.0225. The number of carbonyl (C=O) groups is 1. The standard InChI is InChI=1S/C15H20N4O2/c1-10-8-14(13(9-16)11(2)17-10)18-12(3)15(20)19-4-6-21-7-5-19/h8,12H,4-7H2,1-3H3,(H,17,18). The Bertz CT molecular complexity index is 574. The van der Waals surface area contributed by atoms with Crippen molar-refractivity contribution in [3.63, 3.8) is 0 Å². The fourth-order valence-corrected chi connectivity index (χ4v) is 2.44. The molecule has 0 radical (unpaired) electrons. The highest BCUT2D eigenvalue weighted by Crippen LogP contribution is 2.20. The van der Waals surface area contributed by atoms with Crippen LogP contribution >= 0.6 is 0 Å². The van der Waals surface area contributed by atoms with Crippen molar-refractivity contribution in [1.82, 2.24) is 9.88 Å². The van der Waals surface area contributed by atoms with Crippen molar-refractivity contribution >= 4 is 11.6 Å². The first-order valence-electron chi connectivity index (χ1n) is 7.04. The van der Waals surface area contributed by atoms with Gasteiger partial charge in [0.1, 0.15) is 12.1 Å². The summed E-state index contributed by atoms with van der Waals surface area (Å²) in [6, 6.07) is 3.55. The van der Waals surface area contributed by atoms with Gasteiger partial charge in [-0.05, 0) is 26.8 Å². The van der Waals surface area contributed by atoms with Crippen molar-refractivity contribution < 1.29 is 9.53 Å². The van der Waals surface area contributed by atoms with Crippen LogP contribution in [0, 0.1) is 25.2 Å². The molecule has 21 heavy (non-hydrogen) atoms. The van der Waals surface area contributed by atoms with E-state index in [-0.39, 0.29) is 5.91 Å². The molecule has 1 aliphatic rings. The Labute approximate surface area is 124 Å². The second-order valence-corrected chi connectivity index (χ2v) is 5.19. The first kappa shape index (κ1) is 15.3.